The fourth-order valence-electron chi connectivity index (χ4n) is 2.37. The van der Waals surface area contributed by atoms with Gasteiger partial charge in [-0.2, -0.15) is 5.10 Å². The Labute approximate surface area is 168 Å². The van der Waals surface area contributed by atoms with Crippen LogP contribution in [0.15, 0.2) is 52.0 Å². The minimum Gasteiger partial charge on any atom is -0.504 e. The van der Waals surface area contributed by atoms with E-state index in [1.165, 1.54) is 24.7 Å². The van der Waals surface area contributed by atoms with Crippen molar-refractivity contribution in [3.05, 3.63) is 63.1 Å². The highest BCUT2D eigenvalue weighted by Crippen LogP contribution is 2.32. The van der Waals surface area contributed by atoms with Crippen LogP contribution in [0.2, 0.25) is 0 Å². The van der Waals surface area contributed by atoms with E-state index in [1.807, 2.05) is 30.3 Å². The van der Waals surface area contributed by atoms with Gasteiger partial charge >= 0.3 is 0 Å². The molecular weight excluding hydrogens is 430 g/mol. The van der Waals surface area contributed by atoms with E-state index in [0.717, 1.165) is 15.0 Å². The highest BCUT2D eigenvalue weighted by molar-refractivity contribution is 9.10. The standard InChI is InChI=1S/C19H16BrN3O3S/c1-11-17(27-19(22-11)12-6-4-3-5-7-12)18(25)23-21-10-13-8-14(20)9-15(26-2)16(13)24/h3-10,24H,1-2H3,(H,23,25)/b21-10+. The van der Waals surface area contributed by atoms with Crippen LogP contribution in [-0.2, 0) is 0 Å². The van der Waals surface area contributed by atoms with Crippen molar-refractivity contribution >= 4 is 39.4 Å². The number of hydrazone groups is 1. The van der Waals surface area contributed by atoms with Crippen molar-refractivity contribution in [2.75, 3.05) is 7.11 Å². The van der Waals surface area contributed by atoms with Crippen molar-refractivity contribution in [1.29, 1.82) is 0 Å². The predicted octanol–water partition coefficient (Wildman–Crippen LogP) is 4.36. The number of benzene rings is 2. The van der Waals surface area contributed by atoms with E-state index >= 15 is 0 Å². The van der Waals surface area contributed by atoms with Gasteiger partial charge in [0.2, 0.25) is 0 Å². The first-order valence-corrected chi connectivity index (χ1v) is 9.53. The van der Waals surface area contributed by atoms with Crippen LogP contribution in [0, 0.1) is 6.92 Å². The number of methoxy groups -OCH3 is 1. The maximum atomic E-state index is 12.4. The molecule has 0 atom stereocenters. The molecule has 0 radical (unpaired) electrons. The Bertz CT molecular complexity index is 1000. The summed E-state index contributed by atoms with van der Waals surface area (Å²) in [6.45, 7) is 1.78. The molecule has 0 saturated carbocycles. The Kier molecular flexibility index (Phi) is 5.88. The number of halogens is 1. The summed E-state index contributed by atoms with van der Waals surface area (Å²) in [5.41, 5.74) is 4.48. The molecule has 27 heavy (non-hydrogen) atoms. The molecule has 2 aromatic carbocycles. The van der Waals surface area contributed by atoms with Crippen molar-refractivity contribution < 1.29 is 14.6 Å². The number of phenolic OH excluding ortho intramolecular Hbond substituents is 1. The lowest BCUT2D eigenvalue weighted by molar-refractivity contribution is 0.0958. The second kappa shape index (κ2) is 8.32. The highest BCUT2D eigenvalue weighted by Gasteiger charge is 2.16. The monoisotopic (exact) mass is 445 g/mol. The highest BCUT2D eigenvalue weighted by atomic mass is 79.9. The Morgan fingerprint density at radius 2 is 2.07 bits per heavy atom. The molecule has 1 amide bonds. The van der Waals surface area contributed by atoms with Crippen molar-refractivity contribution in [3.8, 4) is 22.1 Å². The summed E-state index contributed by atoms with van der Waals surface area (Å²) in [5.74, 6) is -0.105. The zero-order valence-electron chi connectivity index (χ0n) is 14.6. The number of nitrogens with zero attached hydrogens (tertiary/aromatic N) is 2. The number of ether oxygens (including phenoxy) is 1. The second-order valence-corrected chi connectivity index (χ2v) is 7.46. The van der Waals surface area contributed by atoms with Crippen LogP contribution in [0.1, 0.15) is 20.9 Å². The van der Waals surface area contributed by atoms with Crippen molar-refractivity contribution in [2.45, 2.75) is 6.92 Å². The molecule has 0 aliphatic heterocycles. The molecular formula is C19H16BrN3O3S. The predicted molar refractivity (Wildman–Crippen MR) is 110 cm³/mol. The molecule has 2 N–H and O–H groups in total. The number of hydrogen-bond donors (Lipinski definition) is 2. The molecule has 0 saturated heterocycles. The van der Waals surface area contributed by atoms with Gasteiger partial charge in [0, 0.05) is 15.6 Å². The molecule has 3 aromatic rings. The number of aryl methyl sites for hydroxylation is 1. The topological polar surface area (TPSA) is 83.8 Å². The summed E-state index contributed by atoms with van der Waals surface area (Å²) in [6.07, 6.45) is 1.36. The van der Waals surface area contributed by atoms with Gasteiger partial charge in [0.05, 0.1) is 19.0 Å². The van der Waals surface area contributed by atoms with E-state index in [4.69, 9.17) is 4.74 Å². The Balaban J connectivity index is 1.76. The molecule has 8 heteroatoms. The van der Waals surface area contributed by atoms with Crippen LogP contribution in [0.25, 0.3) is 10.6 Å². The molecule has 1 aromatic heterocycles. The molecule has 6 nitrogen and oxygen atoms in total. The van der Waals surface area contributed by atoms with Gasteiger partial charge in [0.1, 0.15) is 9.88 Å². The number of aromatic hydroxyl groups is 1. The van der Waals surface area contributed by atoms with Crippen molar-refractivity contribution in [1.82, 2.24) is 10.4 Å². The van der Waals surface area contributed by atoms with Crippen molar-refractivity contribution in [2.24, 2.45) is 5.10 Å². The quantitative estimate of drug-likeness (QED) is 0.451. The maximum absolute atomic E-state index is 12.4. The summed E-state index contributed by atoms with van der Waals surface area (Å²) < 4.78 is 5.81. The lowest BCUT2D eigenvalue weighted by atomic mass is 10.2. The van der Waals surface area contributed by atoms with Gasteiger partial charge < -0.3 is 9.84 Å². The zero-order chi connectivity index (χ0) is 19.4. The number of carbonyl (C=O) groups excluding carboxylic acids is 1. The molecule has 1 heterocycles. The van der Waals surface area contributed by atoms with Gasteiger partial charge in [-0.1, -0.05) is 46.3 Å². The number of hydrogen-bond acceptors (Lipinski definition) is 6. The van der Waals surface area contributed by atoms with E-state index in [2.05, 4.69) is 31.4 Å². The second-order valence-electron chi connectivity index (χ2n) is 5.54. The Morgan fingerprint density at radius 3 is 2.78 bits per heavy atom. The minimum atomic E-state index is -0.357. The average molecular weight is 446 g/mol. The smallest absolute Gasteiger partial charge is 0.283 e. The first kappa shape index (κ1) is 19.1. The number of phenols is 1. The van der Waals surface area contributed by atoms with E-state index in [9.17, 15) is 9.90 Å². The van der Waals surface area contributed by atoms with Gasteiger partial charge in [0.15, 0.2) is 11.5 Å². The first-order valence-electron chi connectivity index (χ1n) is 7.92. The fraction of sp³-hybridized carbons (Fsp3) is 0.105. The van der Waals surface area contributed by atoms with Gasteiger partial charge in [0.25, 0.3) is 5.91 Å². The van der Waals surface area contributed by atoms with Crippen LogP contribution in [0.4, 0.5) is 0 Å². The van der Waals surface area contributed by atoms with Crippen molar-refractivity contribution in [3.63, 3.8) is 0 Å². The summed E-state index contributed by atoms with van der Waals surface area (Å²) in [6, 6.07) is 13.0. The molecule has 0 bridgehead atoms. The zero-order valence-corrected chi connectivity index (χ0v) is 17.0. The van der Waals surface area contributed by atoms with Crippen LogP contribution >= 0.6 is 27.3 Å². The Morgan fingerprint density at radius 1 is 1.33 bits per heavy atom. The average Bonchev–Trinajstić information content (AvgIpc) is 3.06. The molecule has 138 valence electrons. The van der Waals surface area contributed by atoms with Gasteiger partial charge in [-0.05, 0) is 19.1 Å². The third-order valence-electron chi connectivity index (χ3n) is 3.68. The molecule has 0 aliphatic rings. The summed E-state index contributed by atoms with van der Waals surface area (Å²) in [4.78, 5) is 17.4. The summed E-state index contributed by atoms with van der Waals surface area (Å²) in [7, 11) is 1.46. The number of nitrogens with one attached hydrogen (secondary N) is 1. The lowest BCUT2D eigenvalue weighted by Gasteiger charge is -2.06. The molecule has 0 fully saturated rings. The van der Waals surface area contributed by atoms with Crippen LogP contribution in [0.5, 0.6) is 11.5 Å². The van der Waals surface area contributed by atoms with E-state index in [0.29, 0.717) is 21.9 Å². The maximum Gasteiger partial charge on any atom is 0.283 e. The van der Waals surface area contributed by atoms with E-state index in [-0.39, 0.29) is 11.7 Å². The third kappa shape index (κ3) is 4.35. The Hall–Kier alpha value is -2.71. The normalized spacial score (nSPS) is 10.9. The van der Waals surface area contributed by atoms with Crippen LogP contribution < -0.4 is 10.2 Å². The summed E-state index contributed by atoms with van der Waals surface area (Å²) in [5, 5.41) is 14.8. The van der Waals surface area contributed by atoms with Crippen LogP contribution in [0.3, 0.4) is 0 Å². The number of rotatable bonds is 5. The van der Waals surface area contributed by atoms with Gasteiger partial charge in [-0.15, -0.1) is 11.3 Å². The number of carbonyl (C=O) groups is 1. The van der Waals surface area contributed by atoms with Gasteiger partial charge in [-0.25, -0.2) is 10.4 Å². The van der Waals surface area contributed by atoms with Crippen LogP contribution in [-0.4, -0.2) is 29.3 Å². The van der Waals surface area contributed by atoms with E-state index < -0.39 is 0 Å². The number of aromatic nitrogens is 1. The lowest BCUT2D eigenvalue weighted by Crippen LogP contribution is -2.17. The molecule has 3 rings (SSSR count). The molecule has 0 aliphatic carbocycles. The van der Waals surface area contributed by atoms with Gasteiger partial charge in [-0.3, -0.25) is 4.79 Å². The SMILES string of the molecule is COc1cc(Br)cc(/C=N/NC(=O)c2sc(-c3ccccc3)nc2C)c1O. The molecule has 0 spiro atoms. The van der Waals surface area contributed by atoms with E-state index in [1.54, 1.807) is 19.1 Å². The summed E-state index contributed by atoms with van der Waals surface area (Å²) >= 11 is 4.64. The minimum absolute atomic E-state index is 0.0565. The number of amides is 1. The fourth-order valence-corrected chi connectivity index (χ4v) is 3.79. The molecule has 0 unspecified atom stereocenters. The first-order chi connectivity index (χ1) is 13.0. The largest absolute Gasteiger partial charge is 0.504 e. The third-order valence-corrected chi connectivity index (χ3v) is 5.35. The number of thiazole rings is 1.